The van der Waals surface area contributed by atoms with Gasteiger partial charge >= 0.3 is 0 Å². The average molecular weight is 345 g/mol. The second-order valence-electron chi connectivity index (χ2n) is 6.09. The van der Waals surface area contributed by atoms with Crippen LogP contribution in [0.4, 0.5) is 0 Å². The van der Waals surface area contributed by atoms with Crippen molar-refractivity contribution in [3.8, 4) is 22.6 Å². The molecule has 2 heterocycles. The Morgan fingerprint density at radius 1 is 0.885 bits per heavy atom. The van der Waals surface area contributed by atoms with E-state index in [2.05, 4.69) is 4.98 Å². The SMILES string of the molecule is O=C(c1cnc(-c2ccccc2)nc1-c1ccccc1)N1CCOCC1. The first-order chi connectivity index (χ1) is 12.8. The second-order valence-corrected chi connectivity index (χ2v) is 6.09. The normalized spacial score (nSPS) is 14.2. The predicted octanol–water partition coefficient (Wildman–Crippen LogP) is 3.28. The third-order valence-electron chi connectivity index (χ3n) is 4.40. The average Bonchev–Trinajstić information content (AvgIpc) is 2.75. The molecule has 0 N–H and O–H groups in total. The van der Waals surface area contributed by atoms with Crippen molar-refractivity contribution in [2.45, 2.75) is 0 Å². The summed E-state index contributed by atoms with van der Waals surface area (Å²) in [6.07, 6.45) is 1.65. The van der Waals surface area contributed by atoms with Crippen molar-refractivity contribution >= 4 is 5.91 Å². The molecular formula is C21H19N3O2. The van der Waals surface area contributed by atoms with E-state index in [9.17, 15) is 4.79 Å². The van der Waals surface area contributed by atoms with Crippen LogP contribution in [0.15, 0.2) is 66.9 Å². The molecule has 0 radical (unpaired) electrons. The molecule has 1 saturated heterocycles. The number of morpholine rings is 1. The number of carbonyl (C=O) groups is 1. The molecular weight excluding hydrogens is 326 g/mol. The molecule has 3 aromatic rings. The van der Waals surface area contributed by atoms with Crippen LogP contribution in [0.5, 0.6) is 0 Å². The quantitative estimate of drug-likeness (QED) is 0.731. The Labute approximate surface area is 152 Å². The van der Waals surface area contributed by atoms with Gasteiger partial charge in [0.15, 0.2) is 5.82 Å². The van der Waals surface area contributed by atoms with E-state index in [0.717, 1.165) is 11.1 Å². The summed E-state index contributed by atoms with van der Waals surface area (Å²) in [5.41, 5.74) is 3.02. The standard InChI is InChI=1S/C21H19N3O2/c25-21(24-11-13-26-14-12-24)18-15-22-20(17-9-5-2-6-10-17)23-19(18)16-7-3-1-4-8-16/h1-10,15H,11-14H2. The fourth-order valence-electron chi connectivity index (χ4n) is 3.02. The van der Waals surface area contributed by atoms with E-state index in [1.165, 1.54) is 0 Å². The van der Waals surface area contributed by atoms with Crippen molar-refractivity contribution in [1.82, 2.24) is 14.9 Å². The van der Waals surface area contributed by atoms with Gasteiger partial charge < -0.3 is 9.64 Å². The number of aromatic nitrogens is 2. The van der Waals surface area contributed by atoms with Crippen LogP contribution in [0.25, 0.3) is 22.6 Å². The lowest BCUT2D eigenvalue weighted by Crippen LogP contribution is -2.41. The highest BCUT2D eigenvalue weighted by Gasteiger charge is 2.23. The van der Waals surface area contributed by atoms with E-state index >= 15 is 0 Å². The van der Waals surface area contributed by atoms with Gasteiger partial charge in [-0.3, -0.25) is 4.79 Å². The summed E-state index contributed by atoms with van der Waals surface area (Å²) in [7, 11) is 0. The van der Waals surface area contributed by atoms with E-state index in [0.29, 0.717) is 43.4 Å². The summed E-state index contributed by atoms with van der Waals surface area (Å²) in [6.45, 7) is 2.31. The summed E-state index contributed by atoms with van der Waals surface area (Å²) in [6, 6.07) is 19.6. The first-order valence-electron chi connectivity index (χ1n) is 8.68. The molecule has 26 heavy (non-hydrogen) atoms. The van der Waals surface area contributed by atoms with Gasteiger partial charge in [-0.25, -0.2) is 9.97 Å². The van der Waals surface area contributed by atoms with E-state index < -0.39 is 0 Å². The van der Waals surface area contributed by atoms with Crippen molar-refractivity contribution in [3.63, 3.8) is 0 Å². The van der Waals surface area contributed by atoms with Gasteiger partial charge in [-0.15, -0.1) is 0 Å². The lowest BCUT2D eigenvalue weighted by atomic mass is 10.1. The number of hydrogen-bond donors (Lipinski definition) is 0. The Balaban J connectivity index is 1.79. The summed E-state index contributed by atoms with van der Waals surface area (Å²) >= 11 is 0. The van der Waals surface area contributed by atoms with Crippen molar-refractivity contribution < 1.29 is 9.53 Å². The Hall–Kier alpha value is -3.05. The van der Waals surface area contributed by atoms with Gasteiger partial charge in [0.1, 0.15) is 0 Å². The Morgan fingerprint density at radius 3 is 2.15 bits per heavy atom. The Morgan fingerprint density at radius 2 is 1.50 bits per heavy atom. The van der Waals surface area contributed by atoms with Gasteiger partial charge in [0, 0.05) is 30.4 Å². The van der Waals surface area contributed by atoms with Crippen molar-refractivity contribution in [2.75, 3.05) is 26.3 Å². The number of benzene rings is 2. The van der Waals surface area contributed by atoms with Crippen LogP contribution >= 0.6 is 0 Å². The summed E-state index contributed by atoms with van der Waals surface area (Å²) in [5, 5.41) is 0. The lowest BCUT2D eigenvalue weighted by Gasteiger charge is -2.27. The highest BCUT2D eigenvalue weighted by Crippen LogP contribution is 2.25. The molecule has 2 aromatic carbocycles. The molecule has 1 amide bonds. The van der Waals surface area contributed by atoms with Gasteiger partial charge in [-0.05, 0) is 0 Å². The molecule has 130 valence electrons. The third kappa shape index (κ3) is 3.34. The number of carbonyl (C=O) groups excluding carboxylic acids is 1. The number of ether oxygens (including phenoxy) is 1. The maximum Gasteiger partial charge on any atom is 0.257 e. The lowest BCUT2D eigenvalue weighted by molar-refractivity contribution is 0.0303. The predicted molar refractivity (Wildman–Crippen MR) is 99.6 cm³/mol. The summed E-state index contributed by atoms with van der Waals surface area (Å²) in [5.74, 6) is 0.565. The summed E-state index contributed by atoms with van der Waals surface area (Å²) in [4.78, 5) is 24.0. The van der Waals surface area contributed by atoms with Crippen LogP contribution in [-0.2, 0) is 4.74 Å². The Kier molecular flexibility index (Phi) is 4.71. The molecule has 5 nitrogen and oxygen atoms in total. The van der Waals surface area contributed by atoms with Gasteiger partial charge in [-0.1, -0.05) is 60.7 Å². The molecule has 1 aliphatic heterocycles. The van der Waals surface area contributed by atoms with Crippen molar-refractivity contribution in [2.24, 2.45) is 0 Å². The minimum Gasteiger partial charge on any atom is -0.378 e. The fraction of sp³-hybridized carbons (Fsp3) is 0.190. The highest BCUT2D eigenvalue weighted by atomic mass is 16.5. The molecule has 5 heteroatoms. The highest BCUT2D eigenvalue weighted by molar-refractivity contribution is 6.00. The first kappa shape index (κ1) is 16.4. The van der Waals surface area contributed by atoms with Crippen LogP contribution in [0.1, 0.15) is 10.4 Å². The molecule has 0 spiro atoms. The van der Waals surface area contributed by atoms with Gasteiger partial charge in [0.2, 0.25) is 0 Å². The van der Waals surface area contributed by atoms with Crippen LogP contribution < -0.4 is 0 Å². The first-order valence-corrected chi connectivity index (χ1v) is 8.68. The zero-order valence-corrected chi connectivity index (χ0v) is 14.3. The van der Waals surface area contributed by atoms with Crippen LogP contribution in [-0.4, -0.2) is 47.1 Å². The van der Waals surface area contributed by atoms with Crippen LogP contribution in [0.3, 0.4) is 0 Å². The molecule has 0 bridgehead atoms. The molecule has 0 unspecified atom stereocenters. The van der Waals surface area contributed by atoms with Gasteiger partial charge in [-0.2, -0.15) is 0 Å². The Bertz CT molecular complexity index is 892. The molecule has 0 aliphatic carbocycles. The van der Waals surface area contributed by atoms with Gasteiger partial charge in [0.05, 0.1) is 24.5 Å². The molecule has 1 aliphatic rings. The number of hydrogen-bond acceptors (Lipinski definition) is 4. The zero-order valence-electron chi connectivity index (χ0n) is 14.3. The third-order valence-corrected chi connectivity index (χ3v) is 4.40. The molecule has 1 aromatic heterocycles. The smallest absolute Gasteiger partial charge is 0.257 e. The molecule has 4 rings (SSSR count). The largest absolute Gasteiger partial charge is 0.378 e. The number of rotatable bonds is 3. The minimum absolute atomic E-state index is 0.0493. The van der Waals surface area contributed by atoms with Crippen LogP contribution in [0.2, 0.25) is 0 Å². The van der Waals surface area contributed by atoms with Crippen molar-refractivity contribution in [1.29, 1.82) is 0 Å². The van der Waals surface area contributed by atoms with E-state index in [-0.39, 0.29) is 5.91 Å². The monoisotopic (exact) mass is 345 g/mol. The molecule has 1 fully saturated rings. The fourth-order valence-corrected chi connectivity index (χ4v) is 3.02. The van der Waals surface area contributed by atoms with E-state index in [1.807, 2.05) is 60.7 Å². The van der Waals surface area contributed by atoms with Gasteiger partial charge in [0.25, 0.3) is 5.91 Å². The molecule has 0 saturated carbocycles. The van der Waals surface area contributed by atoms with Crippen LogP contribution in [0, 0.1) is 0 Å². The van der Waals surface area contributed by atoms with Crippen molar-refractivity contribution in [3.05, 3.63) is 72.4 Å². The molecule has 0 atom stereocenters. The summed E-state index contributed by atoms with van der Waals surface area (Å²) < 4.78 is 5.35. The maximum absolute atomic E-state index is 13.0. The topological polar surface area (TPSA) is 55.3 Å². The second kappa shape index (κ2) is 7.45. The minimum atomic E-state index is -0.0493. The maximum atomic E-state index is 13.0. The van der Waals surface area contributed by atoms with E-state index in [4.69, 9.17) is 9.72 Å². The number of nitrogens with zero attached hydrogens (tertiary/aromatic N) is 3. The zero-order chi connectivity index (χ0) is 17.8. The number of amides is 1. The van der Waals surface area contributed by atoms with E-state index in [1.54, 1.807) is 11.1 Å².